The molecule has 0 bridgehead atoms. The molecule has 0 saturated heterocycles. The van der Waals surface area contributed by atoms with Gasteiger partial charge in [0.15, 0.2) is 0 Å². The molecule has 0 unspecified atom stereocenters. The van der Waals surface area contributed by atoms with E-state index in [1.54, 1.807) is 0 Å². The van der Waals surface area contributed by atoms with E-state index >= 15 is 0 Å². The van der Waals surface area contributed by atoms with Crippen LogP contribution in [0.4, 0.5) is 0 Å². The highest BCUT2D eigenvalue weighted by Crippen LogP contribution is 2.46. The molecule has 1 aliphatic carbocycles. The fraction of sp³-hybridized carbons (Fsp3) is 0.429. The zero-order chi connectivity index (χ0) is 18.7. The lowest BCUT2D eigenvalue weighted by Crippen LogP contribution is -2.19. The van der Waals surface area contributed by atoms with Crippen molar-refractivity contribution in [3.05, 3.63) is 47.5 Å². The number of likely N-dealkylation sites (N-methyl/N-ethyl adjacent to an activating group) is 2. The minimum atomic E-state index is -0.591. The molecule has 1 aliphatic rings. The third kappa shape index (κ3) is 4.18. The first-order valence-corrected chi connectivity index (χ1v) is 8.97. The van der Waals surface area contributed by atoms with Gasteiger partial charge in [-0.3, -0.25) is 0 Å². The van der Waals surface area contributed by atoms with Crippen molar-refractivity contribution in [1.29, 1.82) is 0 Å². The standard InChI is InChI=1S/C21H28N2O3/c1-22(2)9-11-25-15-5-7-17-19(13-15)20-14-16(26-12-10-23(3)4)6-8-18(20)21(17)24/h5-8,13-14,21,24H,9-12H2,1-4H3. The molecular formula is C21H28N2O3. The van der Waals surface area contributed by atoms with E-state index in [0.717, 1.165) is 46.8 Å². The number of fused-ring (bicyclic) bond motifs is 3. The number of ether oxygens (including phenoxy) is 2. The Bertz CT molecular complexity index is 695. The van der Waals surface area contributed by atoms with Gasteiger partial charge in [0.2, 0.25) is 0 Å². The van der Waals surface area contributed by atoms with E-state index in [9.17, 15) is 5.11 Å². The van der Waals surface area contributed by atoms with Crippen molar-refractivity contribution in [2.24, 2.45) is 0 Å². The second-order valence-electron chi connectivity index (χ2n) is 7.20. The number of aliphatic hydroxyl groups excluding tert-OH is 1. The van der Waals surface area contributed by atoms with Gasteiger partial charge in [0.05, 0.1) is 0 Å². The Morgan fingerprint density at radius 1 is 0.769 bits per heavy atom. The quantitative estimate of drug-likeness (QED) is 0.788. The average molecular weight is 356 g/mol. The molecule has 0 radical (unpaired) electrons. The van der Waals surface area contributed by atoms with E-state index in [-0.39, 0.29) is 0 Å². The molecule has 0 amide bonds. The van der Waals surface area contributed by atoms with Crippen molar-refractivity contribution < 1.29 is 14.6 Å². The maximum atomic E-state index is 10.6. The fourth-order valence-corrected chi connectivity index (χ4v) is 3.05. The van der Waals surface area contributed by atoms with Crippen molar-refractivity contribution in [2.75, 3.05) is 54.5 Å². The Hall–Kier alpha value is -2.08. The number of aliphatic hydroxyl groups is 1. The van der Waals surface area contributed by atoms with E-state index in [2.05, 4.69) is 9.80 Å². The van der Waals surface area contributed by atoms with Crippen molar-refractivity contribution in [1.82, 2.24) is 9.80 Å². The fourth-order valence-electron chi connectivity index (χ4n) is 3.05. The molecule has 0 aliphatic heterocycles. The Morgan fingerprint density at radius 2 is 1.19 bits per heavy atom. The summed E-state index contributed by atoms with van der Waals surface area (Å²) in [5.41, 5.74) is 3.89. The third-order valence-electron chi connectivity index (χ3n) is 4.54. The lowest BCUT2D eigenvalue weighted by Gasteiger charge is -2.13. The largest absolute Gasteiger partial charge is 0.492 e. The van der Waals surface area contributed by atoms with Crippen molar-refractivity contribution in [2.45, 2.75) is 6.10 Å². The van der Waals surface area contributed by atoms with Gasteiger partial charge in [0, 0.05) is 13.1 Å². The van der Waals surface area contributed by atoms with E-state index in [1.807, 2.05) is 64.6 Å². The van der Waals surface area contributed by atoms with Gasteiger partial charge < -0.3 is 24.4 Å². The predicted molar refractivity (Wildman–Crippen MR) is 104 cm³/mol. The van der Waals surface area contributed by atoms with E-state index in [1.165, 1.54) is 0 Å². The summed E-state index contributed by atoms with van der Waals surface area (Å²) >= 11 is 0. The van der Waals surface area contributed by atoms with Gasteiger partial charge in [0.1, 0.15) is 30.8 Å². The van der Waals surface area contributed by atoms with Crippen LogP contribution in [-0.2, 0) is 0 Å². The molecule has 2 aromatic carbocycles. The normalized spacial score (nSPS) is 13.2. The van der Waals surface area contributed by atoms with Crippen molar-refractivity contribution in [3.63, 3.8) is 0 Å². The molecule has 3 rings (SSSR count). The first kappa shape index (κ1) is 18.7. The molecule has 0 spiro atoms. The molecule has 5 heteroatoms. The smallest absolute Gasteiger partial charge is 0.120 e. The van der Waals surface area contributed by atoms with Crippen LogP contribution >= 0.6 is 0 Å². The second-order valence-corrected chi connectivity index (χ2v) is 7.20. The summed E-state index contributed by atoms with van der Waals surface area (Å²) in [6.45, 7) is 2.99. The van der Waals surface area contributed by atoms with Crippen LogP contribution in [0.25, 0.3) is 11.1 Å². The molecule has 140 valence electrons. The Kier molecular flexibility index (Phi) is 5.81. The van der Waals surface area contributed by atoms with Crippen LogP contribution in [-0.4, -0.2) is 69.4 Å². The molecular weight excluding hydrogens is 328 g/mol. The molecule has 0 heterocycles. The van der Waals surface area contributed by atoms with Crippen LogP contribution in [0.5, 0.6) is 11.5 Å². The van der Waals surface area contributed by atoms with Crippen LogP contribution in [0.1, 0.15) is 17.2 Å². The second kappa shape index (κ2) is 8.08. The van der Waals surface area contributed by atoms with Crippen LogP contribution in [0.15, 0.2) is 36.4 Å². The number of benzene rings is 2. The predicted octanol–water partition coefficient (Wildman–Crippen LogP) is 2.63. The van der Waals surface area contributed by atoms with Crippen molar-refractivity contribution in [3.8, 4) is 22.6 Å². The Balaban J connectivity index is 1.80. The van der Waals surface area contributed by atoms with Crippen LogP contribution in [0.3, 0.4) is 0 Å². The highest BCUT2D eigenvalue weighted by molar-refractivity contribution is 5.80. The summed E-state index contributed by atoms with van der Waals surface area (Å²) in [6.07, 6.45) is -0.591. The Labute approximate surface area is 155 Å². The van der Waals surface area contributed by atoms with Crippen LogP contribution < -0.4 is 9.47 Å². The first-order chi connectivity index (χ1) is 12.5. The van der Waals surface area contributed by atoms with E-state index in [4.69, 9.17) is 9.47 Å². The summed E-state index contributed by atoms with van der Waals surface area (Å²) in [6, 6.07) is 11.8. The zero-order valence-corrected chi connectivity index (χ0v) is 16.0. The molecule has 5 nitrogen and oxygen atoms in total. The summed E-state index contributed by atoms with van der Waals surface area (Å²) in [7, 11) is 8.10. The van der Waals surface area contributed by atoms with Gasteiger partial charge in [-0.05, 0) is 74.7 Å². The lowest BCUT2D eigenvalue weighted by atomic mass is 10.1. The summed E-state index contributed by atoms with van der Waals surface area (Å²) in [5.74, 6) is 1.65. The molecule has 0 saturated carbocycles. The maximum Gasteiger partial charge on any atom is 0.120 e. The van der Waals surface area contributed by atoms with Crippen molar-refractivity contribution >= 4 is 0 Å². The highest BCUT2D eigenvalue weighted by atomic mass is 16.5. The van der Waals surface area contributed by atoms with Gasteiger partial charge in [0.25, 0.3) is 0 Å². The SMILES string of the molecule is CN(C)CCOc1ccc2c(c1)-c1cc(OCCN(C)C)ccc1C2O. The van der Waals surface area contributed by atoms with Gasteiger partial charge in [-0.1, -0.05) is 12.1 Å². The minimum Gasteiger partial charge on any atom is -0.492 e. The highest BCUT2D eigenvalue weighted by Gasteiger charge is 2.27. The van der Waals surface area contributed by atoms with E-state index < -0.39 is 6.10 Å². The number of hydrogen-bond acceptors (Lipinski definition) is 5. The molecule has 26 heavy (non-hydrogen) atoms. The lowest BCUT2D eigenvalue weighted by molar-refractivity contribution is 0.224. The first-order valence-electron chi connectivity index (χ1n) is 8.97. The van der Waals surface area contributed by atoms with Crippen LogP contribution in [0.2, 0.25) is 0 Å². The van der Waals surface area contributed by atoms with Gasteiger partial charge in [-0.25, -0.2) is 0 Å². The third-order valence-corrected chi connectivity index (χ3v) is 4.54. The Morgan fingerprint density at radius 3 is 1.58 bits per heavy atom. The number of nitrogens with zero attached hydrogens (tertiary/aromatic N) is 2. The monoisotopic (exact) mass is 356 g/mol. The molecule has 0 atom stereocenters. The number of rotatable bonds is 8. The van der Waals surface area contributed by atoms with Crippen LogP contribution in [0, 0.1) is 0 Å². The van der Waals surface area contributed by atoms with Gasteiger partial charge in [-0.2, -0.15) is 0 Å². The summed E-state index contributed by atoms with van der Waals surface area (Å²) < 4.78 is 11.7. The molecule has 0 aromatic heterocycles. The minimum absolute atomic E-state index is 0.591. The van der Waals surface area contributed by atoms with Gasteiger partial charge >= 0.3 is 0 Å². The number of hydrogen-bond donors (Lipinski definition) is 1. The van der Waals surface area contributed by atoms with E-state index in [0.29, 0.717) is 13.2 Å². The molecule has 1 N–H and O–H groups in total. The maximum absolute atomic E-state index is 10.6. The topological polar surface area (TPSA) is 45.2 Å². The summed E-state index contributed by atoms with van der Waals surface area (Å²) in [5, 5.41) is 10.6. The zero-order valence-electron chi connectivity index (χ0n) is 16.0. The average Bonchev–Trinajstić information content (AvgIpc) is 2.86. The van der Waals surface area contributed by atoms with Gasteiger partial charge in [-0.15, -0.1) is 0 Å². The molecule has 2 aromatic rings. The summed E-state index contributed by atoms with van der Waals surface area (Å²) in [4.78, 5) is 4.17. The molecule has 0 fully saturated rings.